The van der Waals surface area contributed by atoms with E-state index in [9.17, 15) is 4.79 Å². The summed E-state index contributed by atoms with van der Waals surface area (Å²) in [5.74, 6) is 1.39. The molecule has 4 heterocycles. The first kappa shape index (κ1) is 23.8. The van der Waals surface area contributed by atoms with Crippen molar-refractivity contribution in [3.63, 3.8) is 0 Å². The number of aromatic nitrogens is 2. The molecule has 7 heteroatoms. The molecule has 0 saturated carbocycles. The number of H-pyrrole nitrogens is 1. The SMILES string of the molecule is Cc1ccc(OC[C@H]2C[C@@H](C(=O)N3CCC(N(C)C)C3)CN(Cc3c[nH]c4ccccc34)C2)cn1. The van der Waals surface area contributed by atoms with Crippen LogP contribution < -0.4 is 4.74 Å². The van der Waals surface area contributed by atoms with Crippen LogP contribution in [0.25, 0.3) is 10.9 Å². The molecule has 1 unspecified atom stereocenters. The van der Waals surface area contributed by atoms with Gasteiger partial charge in [-0.1, -0.05) is 18.2 Å². The second kappa shape index (κ2) is 10.4. The Hall–Kier alpha value is -2.90. The van der Waals surface area contributed by atoms with Crippen molar-refractivity contribution in [2.45, 2.75) is 32.4 Å². The number of likely N-dealkylation sites (tertiary alicyclic amines) is 2. The number of rotatable bonds is 7. The predicted octanol–water partition coefficient (Wildman–Crippen LogP) is 3.55. The highest BCUT2D eigenvalue weighted by atomic mass is 16.5. The van der Waals surface area contributed by atoms with Crippen LogP contribution in [0.5, 0.6) is 5.75 Å². The fourth-order valence-electron chi connectivity index (χ4n) is 5.61. The van der Waals surface area contributed by atoms with Gasteiger partial charge in [-0.25, -0.2) is 0 Å². The molecule has 1 aromatic carbocycles. The summed E-state index contributed by atoms with van der Waals surface area (Å²) in [7, 11) is 4.21. The van der Waals surface area contributed by atoms with Crippen LogP contribution in [0.3, 0.4) is 0 Å². The molecule has 5 rings (SSSR count). The van der Waals surface area contributed by atoms with E-state index in [2.05, 4.69) is 69.2 Å². The number of aryl methyl sites for hydroxylation is 1. The molecule has 3 atom stereocenters. The number of likely N-dealkylation sites (N-methyl/N-ethyl adjacent to an activating group) is 1. The fourth-order valence-corrected chi connectivity index (χ4v) is 5.61. The largest absolute Gasteiger partial charge is 0.492 e. The Kier molecular flexibility index (Phi) is 7.07. The van der Waals surface area contributed by atoms with Crippen molar-refractivity contribution in [2.24, 2.45) is 11.8 Å². The van der Waals surface area contributed by atoms with Crippen LogP contribution >= 0.6 is 0 Å². The zero-order chi connectivity index (χ0) is 24.4. The van der Waals surface area contributed by atoms with Crippen LogP contribution in [-0.4, -0.2) is 83.5 Å². The highest BCUT2D eigenvalue weighted by Gasteiger charge is 2.37. The van der Waals surface area contributed by atoms with Gasteiger partial charge in [-0.2, -0.15) is 0 Å². The van der Waals surface area contributed by atoms with Crippen molar-refractivity contribution in [1.82, 2.24) is 24.7 Å². The van der Waals surface area contributed by atoms with E-state index < -0.39 is 0 Å². The molecular formula is C28H37N5O2. The van der Waals surface area contributed by atoms with Crippen LogP contribution in [-0.2, 0) is 11.3 Å². The molecule has 0 spiro atoms. The molecule has 1 amide bonds. The molecule has 2 aliphatic rings. The van der Waals surface area contributed by atoms with Gasteiger partial charge in [-0.3, -0.25) is 14.7 Å². The molecule has 7 nitrogen and oxygen atoms in total. The number of carbonyl (C=O) groups excluding carboxylic acids is 1. The van der Waals surface area contributed by atoms with Crippen molar-refractivity contribution < 1.29 is 9.53 Å². The van der Waals surface area contributed by atoms with Crippen molar-refractivity contribution in [3.8, 4) is 5.75 Å². The Morgan fingerprint density at radius 2 is 2.03 bits per heavy atom. The van der Waals surface area contributed by atoms with Crippen molar-refractivity contribution in [2.75, 3.05) is 46.9 Å². The first-order valence-electron chi connectivity index (χ1n) is 12.7. The lowest BCUT2D eigenvalue weighted by Gasteiger charge is -2.38. The molecule has 186 valence electrons. The molecular weight excluding hydrogens is 438 g/mol. The third-order valence-electron chi connectivity index (χ3n) is 7.61. The molecule has 2 aromatic heterocycles. The molecule has 3 aromatic rings. The zero-order valence-corrected chi connectivity index (χ0v) is 21.1. The minimum absolute atomic E-state index is 0.000360. The lowest BCUT2D eigenvalue weighted by Crippen LogP contribution is -2.48. The third kappa shape index (κ3) is 5.52. The van der Waals surface area contributed by atoms with E-state index in [1.54, 1.807) is 6.20 Å². The number of hydrogen-bond donors (Lipinski definition) is 1. The van der Waals surface area contributed by atoms with E-state index in [1.165, 1.54) is 10.9 Å². The number of carbonyl (C=O) groups is 1. The quantitative estimate of drug-likeness (QED) is 0.566. The number of fused-ring (bicyclic) bond motifs is 1. The van der Waals surface area contributed by atoms with Crippen LogP contribution in [0.4, 0.5) is 0 Å². The van der Waals surface area contributed by atoms with Gasteiger partial charge in [0.05, 0.1) is 18.7 Å². The van der Waals surface area contributed by atoms with Gasteiger partial charge in [0.25, 0.3) is 0 Å². The summed E-state index contributed by atoms with van der Waals surface area (Å²) >= 11 is 0. The van der Waals surface area contributed by atoms with Crippen LogP contribution in [0.1, 0.15) is 24.1 Å². The number of amides is 1. The van der Waals surface area contributed by atoms with Crippen molar-refractivity contribution in [3.05, 3.63) is 60.0 Å². The summed E-state index contributed by atoms with van der Waals surface area (Å²) in [6.07, 6.45) is 5.82. The monoisotopic (exact) mass is 475 g/mol. The maximum absolute atomic E-state index is 13.6. The Labute approximate surface area is 208 Å². The summed E-state index contributed by atoms with van der Waals surface area (Å²) in [5, 5.41) is 1.26. The number of ether oxygens (including phenoxy) is 1. The van der Waals surface area contributed by atoms with Gasteiger partial charge in [0.2, 0.25) is 5.91 Å². The highest BCUT2D eigenvalue weighted by molar-refractivity contribution is 5.83. The number of piperidine rings is 1. The van der Waals surface area contributed by atoms with E-state index in [1.807, 2.05) is 19.1 Å². The maximum atomic E-state index is 13.6. The number of hydrogen-bond acceptors (Lipinski definition) is 5. The number of benzene rings is 1. The zero-order valence-electron chi connectivity index (χ0n) is 21.1. The summed E-state index contributed by atoms with van der Waals surface area (Å²) in [6, 6.07) is 12.8. The van der Waals surface area contributed by atoms with E-state index in [0.29, 0.717) is 18.6 Å². The minimum Gasteiger partial charge on any atom is -0.492 e. The maximum Gasteiger partial charge on any atom is 0.227 e. The van der Waals surface area contributed by atoms with Crippen molar-refractivity contribution >= 4 is 16.8 Å². The first-order valence-corrected chi connectivity index (χ1v) is 12.7. The lowest BCUT2D eigenvalue weighted by molar-refractivity contribution is -0.137. The van der Waals surface area contributed by atoms with Gasteiger partial charge in [-0.15, -0.1) is 0 Å². The Morgan fingerprint density at radius 3 is 2.80 bits per heavy atom. The van der Waals surface area contributed by atoms with Gasteiger partial charge in [0.15, 0.2) is 0 Å². The normalized spacial score (nSPS) is 23.3. The third-order valence-corrected chi connectivity index (χ3v) is 7.61. The molecule has 0 aliphatic carbocycles. The Morgan fingerprint density at radius 1 is 1.17 bits per heavy atom. The summed E-state index contributed by atoms with van der Waals surface area (Å²) < 4.78 is 6.13. The second-order valence-corrected chi connectivity index (χ2v) is 10.5. The van der Waals surface area contributed by atoms with Gasteiger partial charge < -0.3 is 19.5 Å². The minimum atomic E-state index is -0.000360. The average molecular weight is 476 g/mol. The smallest absolute Gasteiger partial charge is 0.227 e. The van der Waals surface area contributed by atoms with Gasteiger partial charge >= 0.3 is 0 Å². The van der Waals surface area contributed by atoms with Crippen molar-refractivity contribution in [1.29, 1.82) is 0 Å². The van der Waals surface area contributed by atoms with Gasteiger partial charge in [0, 0.05) is 67.5 Å². The number of nitrogens with one attached hydrogen (secondary N) is 1. The highest BCUT2D eigenvalue weighted by Crippen LogP contribution is 2.29. The molecule has 2 fully saturated rings. The van der Waals surface area contributed by atoms with E-state index >= 15 is 0 Å². The van der Waals surface area contributed by atoms with E-state index in [0.717, 1.165) is 62.5 Å². The molecule has 35 heavy (non-hydrogen) atoms. The number of aromatic amines is 1. The summed E-state index contributed by atoms with van der Waals surface area (Å²) in [5.41, 5.74) is 3.42. The molecule has 0 radical (unpaired) electrons. The fraction of sp³-hybridized carbons (Fsp3) is 0.500. The molecule has 1 N–H and O–H groups in total. The number of pyridine rings is 1. The lowest BCUT2D eigenvalue weighted by atomic mass is 9.88. The second-order valence-electron chi connectivity index (χ2n) is 10.5. The summed E-state index contributed by atoms with van der Waals surface area (Å²) in [4.78, 5) is 28.1. The Balaban J connectivity index is 1.30. The van der Waals surface area contributed by atoms with Gasteiger partial charge in [0.1, 0.15) is 5.75 Å². The predicted molar refractivity (Wildman–Crippen MR) is 138 cm³/mol. The standard InChI is InChI=1S/C28H37N5O2/c1-20-8-9-25(14-29-20)35-19-21-12-22(28(34)33-11-10-24(18-33)31(2)3)16-32(15-21)17-23-13-30-27-7-5-4-6-26(23)27/h4-9,13-14,21-22,24,30H,10-12,15-19H2,1-3H3/t21-,22+,24?/m0/s1. The molecule has 2 saturated heterocycles. The van der Waals surface area contributed by atoms with Crippen LogP contribution in [0, 0.1) is 18.8 Å². The van der Waals surface area contributed by atoms with Crippen LogP contribution in [0.15, 0.2) is 48.8 Å². The van der Waals surface area contributed by atoms with Crippen LogP contribution in [0.2, 0.25) is 0 Å². The number of nitrogens with zero attached hydrogens (tertiary/aromatic N) is 4. The van der Waals surface area contributed by atoms with Gasteiger partial charge in [-0.05, 0) is 57.6 Å². The Bertz CT molecular complexity index is 1140. The molecule has 0 bridgehead atoms. The topological polar surface area (TPSA) is 64.7 Å². The van der Waals surface area contributed by atoms with E-state index in [-0.39, 0.29) is 11.8 Å². The summed E-state index contributed by atoms with van der Waals surface area (Å²) in [6.45, 7) is 6.81. The van der Waals surface area contributed by atoms with E-state index in [4.69, 9.17) is 4.74 Å². The number of para-hydroxylation sites is 1. The molecule has 2 aliphatic heterocycles. The average Bonchev–Trinajstić information content (AvgIpc) is 3.51. The first-order chi connectivity index (χ1) is 17.0.